The Kier molecular flexibility index (Phi) is 4.02. The van der Waals surface area contributed by atoms with E-state index in [1.54, 1.807) is 0 Å². The van der Waals surface area contributed by atoms with E-state index in [4.69, 9.17) is 0 Å². The van der Waals surface area contributed by atoms with Crippen LogP contribution in [0.1, 0.15) is 19.8 Å². The summed E-state index contributed by atoms with van der Waals surface area (Å²) in [6.07, 6.45) is 2.01. The van der Waals surface area contributed by atoms with Crippen LogP contribution in [0.3, 0.4) is 0 Å². The highest BCUT2D eigenvalue weighted by atomic mass is 16.3. The predicted molar refractivity (Wildman–Crippen MR) is 71.2 cm³/mol. The molecule has 0 radical (unpaired) electrons. The van der Waals surface area contributed by atoms with Crippen molar-refractivity contribution in [3.05, 3.63) is 30.3 Å². The fourth-order valence-corrected chi connectivity index (χ4v) is 2.45. The Morgan fingerprint density at radius 3 is 2.41 bits per heavy atom. The quantitative estimate of drug-likeness (QED) is 0.836. The normalized spacial score (nSPS) is 20.1. The van der Waals surface area contributed by atoms with Crippen molar-refractivity contribution in [2.24, 2.45) is 0 Å². The van der Waals surface area contributed by atoms with Crippen LogP contribution >= 0.6 is 0 Å². The van der Waals surface area contributed by atoms with E-state index in [1.165, 1.54) is 0 Å². The standard InChI is InChI=1S/C14H22N2O/c1-2-16-10-8-14(12-17,9-11-16)15-13-6-4-3-5-7-13/h3-7,15,17H,2,8-12H2,1H3. The summed E-state index contributed by atoms with van der Waals surface area (Å²) in [5.41, 5.74) is 0.971. The van der Waals surface area contributed by atoms with Crippen molar-refractivity contribution in [2.75, 3.05) is 31.6 Å². The minimum Gasteiger partial charge on any atom is -0.394 e. The summed E-state index contributed by atoms with van der Waals surface area (Å²) >= 11 is 0. The van der Waals surface area contributed by atoms with Gasteiger partial charge >= 0.3 is 0 Å². The van der Waals surface area contributed by atoms with Crippen LogP contribution in [0.15, 0.2) is 30.3 Å². The first kappa shape index (κ1) is 12.4. The van der Waals surface area contributed by atoms with E-state index in [2.05, 4.69) is 29.3 Å². The Morgan fingerprint density at radius 1 is 1.24 bits per heavy atom. The Balaban J connectivity index is 2.01. The van der Waals surface area contributed by atoms with Crippen molar-refractivity contribution in [2.45, 2.75) is 25.3 Å². The fourth-order valence-electron chi connectivity index (χ4n) is 2.45. The van der Waals surface area contributed by atoms with Gasteiger partial charge in [0.05, 0.1) is 12.1 Å². The van der Waals surface area contributed by atoms with Crippen LogP contribution < -0.4 is 5.32 Å². The maximum absolute atomic E-state index is 9.68. The van der Waals surface area contributed by atoms with Crippen LogP contribution in [0.2, 0.25) is 0 Å². The third-order valence-corrected chi connectivity index (χ3v) is 3.75. The number of hydrogen-bond acceptors (Lipinski definition) is 3. The van der Waals surface area contributed by atoms with E-state index in [0.29, 0.717) is 0 Å². The van der Waals surface area contributed by atoms with Crippen LogP contribution in [-0.4, -0.2) is 41.8 Å². The largest absolute Gasteiger partial charge is 0.394 e. The van der Waals surface area contributed by atoms with Gasteiger partial charge in [-0.15, -0.1) is 0 Å². The summed E-state index contributed by atoms with van der Waals surface area (Å²) in [5.74, 6) is 0. The second-order valence-corrected chi connectivity index (χ2v) is 4.86. The first-order valence-corrected chi connectivity index (χ1v) is 6.44. The monoisotopic (exact) mass is 234 g/mol. The van der Waals surface area contributed by atoms with Gasteiger partial charge in [0.25, 0.3) is 0 Å². The van der Waals surface area contributed by atoms with Gasteiger partial charge in [-0.05, 0) is 31.5 Å². The van der Waals surface area contributed by atoms with Gasteiger partial charge in [0, 0.05) is 18.8 Å². The van der Waals surface area contributed by atoms with Crippen molar-refractivity contribution in [1.29, 1.82) is 0 Å². The van der Waals surface area contributed by atoms with E-state index in [-0.39, 0.29) is 12.1 Å². The zero-order chi connectivity index (χ0) is 12.1. The lowest BCUT2D eigenvalue weighted by Gasteiger charge is -2.41. The summed E-state index contributed by atoms with van der Waals surface area (Å²) in [6, 6.07) is 10.2. The second kappa shape index (κ2) is 5.52. The van der Waals surface area contributed by atoms with Gasteiger partial charge in [0.2, 0.25) is 0 Å². The van der Waals surface area contributed by atoms with E-state index in [0.717, 1.165) is 38.2 Å². The minimum atomic E-state index is -0.132. The van der Waals surface area contributed by atoms with Crippen LogP contribution in [-0.2, 0) is 0 Å². The molecule has 0 amide bonds. The summed E-state index contributed by atoms with van der Waals surface area (Å²) < 4.78 is 0. The summed E-state index contributed by atoms with van der Waals surface area (Å²) in [6.45, 7) is 5.64. The number of nitrogens with zero attached hydrogens (tertiary/aromatic N) is 1. The molecule has 0 saturated carbocycles. The van der Waals surface area contributed by atoms with Gasteiger partial charge in [-0.3, -0.25) is 0 Å². The highest BCUT2D eigenvalue weighted by molar-refractivity contribution is 5.45. The average Bonchev–Trinajstić information content (AvgIpc) is 2.41. The van der Waals surface area contributed by atoms with Gasteiger partial charge in [-0.25, -0.2) is 0 Å². The summed E-state index contributed by atoms with van der Waals surface area (Å²) in [4.78, 5) is 2.43. The van der Waals surface area contributed by atoms with Gasteiger partial charge in [0.1, 0.15) is 0 Å². The zero-order valence-electron chi connectivity index (χ0n) is 10.5. The summed E-state index contributed by atoms with van der Waals surface area (Å²) in [5, 5.41) is 13.2. The molecule has 0 bridgehead atoms. The van der Waals surface area contributed by atoms with Gasteiger partial charge in [0.15, 0.2) is 0 Å². The van der Waals surface area contributed by atoms with E-state index in [1.807, 2.05) is 18.2 Å². The molecule has 1 aromatic carbocycles. The van der Waals surface area contributed by atoms with Crippen molar-refractivity contribution in [3.63, 3.8) is 0 Å². The van der Waals surface area contributed by atoms with Crippen LogP contribution in [0, 0.1) is 0 Å². The number of rotatable bonds is 4. The second-order valence-electron chi connectivity index (χ2n) is 4.86. The van der Waals surface area contributed by atoms with Crippen molar-refractivity contribution in [3.8, 4) is 0 Å². The topological polar surface area (TPSA) is 35.5 Å². The molecule has 1 aliphatic heterocycles. The molecule has 0 spiro atoms. The first-order valence-electron chi connectivity index (χ1n) is 6.44. The number of likely N-dealkylation sites (tertiary alicyclic amines) is 1. The maximum Gasteiger partial charge on any atom is 0.0662 e. The molecule has 1 fully saturated rings. The van der Waals surface area contributed by atoms with E-state index in [9.17, 15) is 5.11 Å². The third-order valence-electron chi connectivity index (χ3n) is 3.75. The zero-order valence-corrected chi connectivity index (χ0v) is 10.5. The van der Waals surface area contributed by atoms with Gasteiger partial charge in [-0.1, -0.05) is 25.1 Å². The molecular weight excluding hydrogens is 212 g/mol. The molecule has 1 heterocycles. The molecule has 0 aromatic heterocycles. The Morgan fingerprint density at radius 2 is 1.88 bits per heavy atom. The predicted octanol–water partition coefficient (Wildman–Crippen LogP) is 1.95. The maximum atomic E-state index is 9.68. The number of piperidine rings is 1. The lowest BCUT2D eigenvalue weighted by Crippen LogP contribution is -2.51. The SMILES string of the molecule is CCN1CCC(CO)(Nc2ccccc2)CC1. The van der Waals surface area contributed by atoms with E-state index >= 15 is 0 Å². The molecule has 0 unspecified atom stereocenters. The summed E-state index contributed by atoms with van der Waals surface area (Å²) in [7, 11) is 0. The molecule has 2 rings (SSSR count). The number of aliphatic hydroxyl groups excluding tert-OH is 1. The molecule has 1 saturated heterocycles. The van der Waals surface area contributed by atoms with Crippen LogP contribution in [0.25, 0.3) is 0 Å². The van der Waals surface area contributed by atoms with E-state index < -0.39 is 0 Å². The molecule has 0 aliphatic carbocycles. The molecule has 1 aliphatic rings. The van der Waals surface area contributed by atoms with Gasteiger partial charge < -0.3 is 15.3 Å². The number of benzene rings is 1. The number of nitrogens with one attached hydrogen (secondary N) is 1. The lowest BCUT2D eigenvalue weighted by molar-refractivity contribution is 0.122. The molecule has 2 N–H and O–H groups in total. The molecule has 94 valence electrons. The molecular formula is C14H22N2O. The molecule has 17 heavy (non-hydrogen) atoms. The van der Waals surface area contributed by atoms with Crippen molar-refractivity contribution in [1.82, 2.24) is 4.90 Å². The van der Waals surface area contributed by atoms with Crippen molar-refractivity contribution >= 4 is 5.69 Å². The average molecular weight is 234 g/mol. The third kappa shape index (κ3) is 2.99. The number of para-hydroxylation sites is 1. The lowest BCUT2D eigenvalue weighted by atomic mass is 9.88. The van der Waals surface area contributed by atoms with Crippen LogP contribution in [0.5, 0.6) is 0 Å². The van der Waals surface area contributed by atoms with Gasteiger partial charge in [-0.2, -0.15) is 0 Å². The number of hydrogen-bond donors (Lipinski definition) is 2. The Labute approximate surface area is 103 Å². The highest BCUT2D eigenvalue weighted by Crippen LogP contribution is 2.26. The minimum absolute atomic E-state index is 0.132. The Bertz CT molecular complexity index is 331. The van der Waals surface area contributed by atoms with Crippen molar-refractivity contribution < 1.29 is 5.11 Å². The fraction of sp³-hybridized carbons (Fsp3) is 0.571. The van der Waals surface area contributed by atoms with Crippen LogP contribution in [0.4, 0.5) is 5.69 Å². The molecule has 3 nitrogen and oxygen atoms in total. The molecule has 3 heteroatoms. The first-order chi connectivity index (χ1) is 8.28. The molecule has 0 atom stereocenters. The number of anilines is 1. The Hall–Kier alpha value is -1.06. The smallest absolute Gasteiger partial charge is 0.0662 e. The number of aliphatic hydroxyl groups is 1. The molecule has 1 aromatic rings. The highest BCUT2D eigenvalue weighted by Gasteiger charge is 2.33.